The molecule has 0 heterocycles. The maximum atomic E-state index is 10.5. The second kappa shape index (κ2) is 6.59. The minimum absolute atomic E-state index is 0. The van der Waals surface area contributed by atoms with E-state index in [9.17, 15) is 4.79 Å². The van der Waals surface area contributed by atoms with Crippen molar-refractivity contribution in [3.8, 4) is 0 Å². The van der Waals surface area contributed by atoms with Crippen molar-refractivity contribution in [1.82, 2.24) is 0 Å². The van der Waals surface area contributed by atoms with Gasteiger partial charge in [-0.2, -0.15) is 0 Å². The number of ether oxygens (including phenoxy) is 1. The van der Waals surface area contributed by atoms with Crippen molar-refractivity contribution in [2.24, 2.45) is 5.92 Å². The Morgan fingerprint density at radius 1 is 1.67 bits per heavy atom. The third-order valence-electron chi connectivity index (χ3n) is 1.22. The van der Waals surface area contributed by atoms with Crippen LogP contribution in [-0.4, -0.2) is 42.6 Å². The molecule has 0 aromatic rings. The number of carbonyl (C=O) groups excluding carboxylic acids is 1. The van der Waals surface area contributed by atoms with Gasteiger partial charge in [0, 0.05) is 0 Å². The van der Waals surface area contributed by atoms with Crippen LogP contribution in [0.25, 0.3) is 0 Å². The van der Waals surface area contributed by atoms with Crippen LogP contribution in [0.2, 0.25) is 0 Å². The van der Waals surface area contributed by atoms with Crippen molar-refractivity contribution in [3.63, 3.8) is 0 Å². The zero-order valence-electron chi connectivity index (χ0n) is 5.60. The van der Waals surface area contributed by atoms with Gasteiger partial charge in [-0.05, 0) is 6.42 Å². The topological polar surface area (TPSA) is 26.3 Å². The fourth-order valence-corrected chi connectivity index (χ4v) is 0.368. The summed E-state index contributed by atoms with van der Waals surface area (Å²) in [6.07, 6.45) is 0.854. The minimum atomic E-state index is -0.118. The molecule has 1 atom stereocenters. The molecule has 0 rings (SSSR count). The van der Waals surface area contributed by atoms with E-state index >= 15 is 0 Å². The van der Waals surface area contributed by atoms with Crippen LogP contribution in [-0.2, 0) is 9.53 Å². The van der Waals surface area contributed by atoms with Crippen LogP contribution in [0.5, 0.6) is 0 Å². The maximum absolute atomic E-state index is 10.5. The number of hydrogen-bond acceptors (Lipinski definition) is 2. The molecular weight excluding hydrogens is 127 g/mol. The van der Waals surface area contributed by atoms with Crippen LogP contribution in [0.15, 0.2) is 0 Å². The van der Waals surface area contributed by atoms with Gasteiger partial charge in [0.15, 0.2) is 0 Å². The second-order valence-corrected chi connectivity index (χ2v) is 1.83. The van der Waals surface area contributed by atoms with Gasteiger partial charge in [0.05, 0.1) is 13.0 Å². The number of esters is 1. The summed E-state index contributed by atoms with van der Waals surface area (Å²) in [5.41, 5.74) is 0. The van der Waals surface area contributed by atoms with Crippen molar-refractivity contribution in [2.45, 2.75) is 20.3 Å². The molecule has 0 fully saturated rings. The van der Waals surface area contributed by atoms with Gasteiger partial charge in [0.25, 0.3) is 0 Å². The fraction of sp³-hybridized carbons (Fsp3) is 0.833. The first-order valence-corrected chi connectivity index (χ1v) is 2.80. The molecule has 0 saturated heterocycles. The van der Waals surface area contributed by atoms with Crippen molar-refractivity contribution in [2.75, 3.05) is 7.11 Å². The van der Waals surface area contributed by atoms with E-state index in [2.05, 4.69) is 4.74 Å². The summed E-state index contributed by atoms with van der Waals surface area (Å²) in [6.45, 7) is 3.81. The summed E-state index contributed by atoms with van der Waals surface area (Å²) in [6, 6.07) is 0. The third-order valence-corrected chi connectivity index (χ3v) is 1.22. The molecule has 0 aromatic heterocycles. The van der Waals surface area contributed by atoms with Gasteiger partial charge in [-0.25, -0.2) is 0 Å². The van der Waals surface area contributed by atoms with Crippen LogP contribution in [0, 0.1) is 5.92 Å². The van der Waals surface area contributed by atoms with Gasteiger partial charge in [-0.3, -0.25) is 4.79 Å². The van der Waals surface area contributed by atoms with Crippen LogP contribution in [0.3, 0.4) is 0 Å². The number of methoxy groups -OCH3 is 1. The molecule has 0 amide bonds. The number of hydrogen-bond donors (Lipinski definition) is 0. The molecule has 1 unspecified atom stereocenters. The first kappa shape index (κ1) is 12.2. The molecule has 0 N–H and O–H groups in total. The Morgan fingerprint density at radius 3 is 2.22 bits per heavy atom. The van der Waals surface area contributed by atoms with E-state index in [1.165, 1.54) is 7.11 Å². The van der Waals surface area contributed by atoms with E-state index in [4.69, 9.17) is 0 Å². The van der Waals surface area contributed by atoms with Gasteiger partial charge < -0.3 is 4.74 Å². The van der Waals surface area contributed by atoms with E-state index in [1.807, 2.05) is 13.8 Å². The molecule has 0 aliphatic heterocycles. The standard InChI is InChI=1S/C6H12O2.Na.H/c1-4-5(2)6(7)8-3;;/h5H,4H2,1-3H3;;. The SMILES string of the molecule is CCC(C)C(=O)OC.[NaH]. The van der Waals surface area contributed by atoms with Crippen molar-refractivity contribution in [3.05, 3.63) is 0 Å². The molecular formula is C6H13NaO2. The normalized spacial score (nSPS) is 11.4. The zero-order valence-corrected chi connectivity index (χ0v) is 5.60. The zero-order chi connectivity index (χ0) is 6.57. The van der Waals surface area contributed by atoms with Crippen molar-refractivity contribution < 1.29 is 9.53 Å². The van der Waals surface area contributed by atoms with Crippen LogP contribution >= 0.6 is 0 Å². The van der Waals surface area contributed by atoms with Crippen LogP contribution in [0.1, 0.15) is 20.3 Å². The van der Waals surface area contributed by atoms with Crippen LogP contribution in [0.4, 0.5) is 0 Å². The molecule has 0 radical (unpaired) electrons. The molecule has 0 bridgehead atoms. The van der Waals surface area contributed by atoms with E-state index < -0.39 is 0 Å². The Kier molecular flexibility index (Phi) is 8.91. The summed E-state index contributed by atoms with van der Waals surface area (Å²) >= 11 is 0. The van der Waals surface area contributed by atoms with Crippen molar-refractivity contribution in [1.29, 1.82) is 0 Å². The van der Waals surface area contributed by atoms with E-state index in [1.54, 1.807) is 0 Å². The first-order valence-electron chi connectivity index (χ1n) is 2.80. The quantitative estimate of drug-likeness (QED) is 0.413. The number of carbonyl (C=O) groups is 1. The first-order chi connectivity index (χ1) is 3.72. The number of rotatable bonds is 2. The van der Waals surface area contributed by atoms with Crippen molar-refractivity contribution >= 4 is 35.5 Å². The molecule has 50 valence electrons. The molecule has 0 spiro atoms. The molecule has 3 heteroatoms. The second-order valence-electron chi connectivity index (χ2n) is 1.83. The summed E-state index contributed by atoms with van der Waals surface area (Å²) in [5, 5.41) is 0. The fourth-order valence-electron chi connectivity index (χ4n) is 0.368. The summed E-state index contributed by atoms with van der Waals surface area (Å²) in [5.74, 6) is -0.0625. The van der Waals surface area contributed by atoms with Gasteiger partial charge in [-0.15, -0.1) is 0 Å². The van der Waals surface area contributed by atoms with Gasteiger partial charge in [-0.1, -0.05) is 13.8 Å². The predicted molar refractivity (Wildman–Crippen MR) is 38.6 cm³/mol. The summed E-state index contributed by atoms with van der Waals surface area (Å²) < 4.78 is 4.46. The Bertz CT molecular complexity index is 83.1. The van der Waals surface area contributed by atoms with Crippen LogP contribution < -0.4 is 0 Å². The predicted octanol–water partition coefficient (Wildman–Crippen LogP) is 0.557. The van der Waals surface area contributed by atoms with E-state index in [0.29, 0.717) is 0 Å². The van der Waals surface area contributed by atoms with Gasteiger partial charge in [0.2, 0.25) is 0 Å². The Hall–Kier alpha value is 0.470. The molecule has 0 aliphatic rings. The Labute approximate surface area is 78.3 Å². The molecule has 0 saturated carbocycles. The monoisotopic (exact) mass is 140 g/mol. The Balaban J connectivity index is 0. The average Bonchev–Trinajstić information content (AvgIpc) is 1.84. The van der Waals surface area contributed by atoms with E-state index in [0.717, 1.165) is 6.42 Å². The molecule has 9 heavy (non-hydrogen) atoms. The third kappa shape index (κ3) is 4.94. The average molecular weight is 140 g/mol. The van der Waals surface area contributed by atoms with Gasteiger partial charge >= 0.3 is 35.5 Å². The molecule has 2 nitrogen and oxygen atoms in total. The van der Waals surface area contributed by atoms with Gasteiger partial charge in [0.1, 0.15) is 0 Å². The van der Waals surface area contributed by atoms with E-state index in [-0.39, 0.29) is 41.4 Å². The molecule has 0 aliphatic carbocycles. The molecule has 0 aromatic carbocycles. The Morgan fingerprint density at radius 2 is 2.11 bits per heavy atom. The summed E-state index contributed by atoms with van der Waals surface area (Å²) in [7, 11) is 1.41. The summed E-state index contributed by atoms with van der Waals surface area (Å²) in [4.78, 5) is 10.5.